The summed E-state index contributed by atoms with van der Waals surface area (Å²) in [6.45, 7) is 2.95. The van der Waals surface area contributed by atoms with Gasteiger partial charge in [-0.1, -0.05) is 43.6 Å². The van der Waals surface area contributed by atoms with Gasteiger partial charge >= 0.3 is 24.0 Å². The van der Waals surface area contributed by atoms with Gasteiger partial charge in [-0.05, 0) is 47.2 Å². The average Bonchev–Trinajstić information content (AvgIpc) is 3.60. The van der Waals surface area contributed by atoms with Crippen molar-refractivity contribution in [3.05, 3.63) is 81.6 Å². The van der Waals surface area contributed by atoms with Crippen molar-refractivity contribution in [3.63, 3.8) is 0 Å². The molecule has 13 nitrogen and oxygen atoms in total. The fourth-order valence-corrected chi connectivity index (χ4v) is 5.72. The Hall–Kier alpha value is -5.03. The van der Waals surface area contributed by atoms with Crippen molar-refractivity contribution in [3.8, 4) is 11.8 Å². The van der Waals surface area contributed by atoms with Crippen molar-refractivity contribution in [1.29, 1.82) is 0 Å². The van der Waals surface area contributed by atoms with Gasteiger partial charge in [0.25, 0.3) is 5.91 Å². The minimum Gasteiger partial charge on any atom is -0.492 e. The summed E-state index contributed by atoms with van der Waals surface area (Å²) in [7, 11) is 0. The van der Waals surface area contributed by atoms with Crippen molar-refractivity contribution in [2.24, 2.45) is 5.41 Å². The molecule has 3 amide bonds. The quantitative estimate of drug-likeness (QED) is 0.240. The molecule has 0 spiro atoms. The van der Waals surface area contributed by atoms with Gasteiger partial charge in [-0.15, -0.1) is 11.3 Å². The molecule has 0 saturated carbocycles. The maximum atomic E-state index is 13.3. The van der Waals surface area contributed by atoms with Crippen LogP contribution in [-0.4, -0.2) is 81.6 Å². The second kappa shape index (κ2) is 16.3. The number of alkyl halides is 3. The number of hydrogen-bond acceptors (Lipinski definition) is 11. The normalized spacial score (nSPS) is 15.6. The number of carbonyl (C=O) groups excluding carboxylic acids is 3. The lowest BCUT2D eigenvalue weighted by Crippen LogP contribution is -2.48. The van der Waals surface area contributed by atoms with E-state index in [1.807, 2.05) is 13.8 Å². The van der Waals surface area contributed by atoms with E-state index in [1.165, 1.54) is 22.4 Å². The first-order chi connectivity index (χ1) is 24.2. The first-order valence-corrected chi connectivity index (χ1v) is 17.0. The molecule has 4 aliphatic heterocycles. The number of aromatic nitrogens is 4. The second-order valence-corrected chi connectivity index (χ2v) is 13.6. The Kier molecular flexibility index (Phi) is 11.9. The topological polar surface area (TPSA) is 161 Å². The smallest absolute Gasteiger partial charge is 0.422 e. The minimum atomic E-state index is -4.60. The number of carbonyl (C=O) groups is 3. The highest BCUT2D eigenvalue weighted by Crippen LogP contribution is 2.27. The summed E-state index contributed by atoms with van der Waals surface area (Å²) in [5, 5.41) is 10.7. The number of rotatable bonds is 3. The van der Waals surface area contributed by atoms with Crippen LogP contribution in [0.15, 0.2) is 54.0 Å². The molecule has 3 N–H and O–H groups in total. The Balaban J connectivity index is 1.38. The first kappa shape index (κ1) is 37.2. The lowest BCUT2D eigenvalue weighted by atomic mass is 9.92. The zero-order chi connectivity index (χ0) is 36.6. The van der Waals surface area contributed by atoms with Gasteiger partial charge in [0.2, 0.25) is 5.95 Å². The van der Waals surface area contributed by atoms with Crippen LogP contribution < -0.4 is 25.4 Å². The number of benzene rings is 2. The predicted molar refractivity (Wildman–Crippen MR) is 183 cm³/mol. The molecule has 0 fully saturated rings. The van der Waals surface area contributed by atoms with Gasteiger partial charge in [-0.2, -0.15) is 28.1 Å². The van der Waals surface area contributed by atoms with Crippen LogP contribution in [0.5, 0.6) is 11.8 Å². The number of anilines is 2. The van der Waals surface area contributed by atoms with E-state index in [0.29, 0.717) is 39.0 Å². The molecule has 4 aliphatic rings. The van der Waals surface area contributed by atoms with Crippen LogP contribution >= 0.6 is 22.9 Å². The molecule has 0 saturated heterocycles. The third kappa shape index (κ3) is 11.2. The number of hydrogen-bond donors (Lipinski definition) is 3. The SMILES string of the molecule is CC1(C)CNC(=O)c2ccc(cc2)Cc2nc(nc(OCC(F)(F)F)n2)NCc2ccc(c(Cl)c2)OCCCN(C(=O)C(=O)Nc2nccs2)C1. The molecule has 0 atom stereocenters. The largest absolute Gasteiger partial charge is 0.492 e. The Morgan fingerprint density at radius 3 is 2.57 bits per heavy atom. The van der Waals surface area contributed by atoms with Crippen LogP contribution in [0.3, 0.4) is 0 Å². The van der Waals surface area contributed by atoms with E-state index >= 15 is 0 Å². The number of thiazole rings is 1. The molecule has 2 aromatic carbocycles. The van der Waals surface area contributed by atoms with Crippen molar-refractivity contribution in [2.45, 2.75) is 39.4 Å². The lowest BCUT2D eigenvalue weighted by molar-refractivity contribution is -0.154. The van der Waals surface area contributed by atoms with Crippen molar-refractivity contribution < 1.29 is 37.0 Å². The average molecular weight is 747 g/mol. The van der Waals surface area contributed by atoms with Gasteiger partial charge in [0.1, 0.15) is 11.6 Å². The molecule has 0 aliphatic carbocycles. The van der Waals surface area contributed by atoms with Crippen LogP contribution in [0.4, 0.5) is 24.3 Å². The Bertz CT molecular complexity index is 1850. The molecule has 0 unspecified atom stereocenters. The van der Waals surface area contributed by atoms with Gasteiger partial charge < -0.3 is 25.0 Å². The molecular weight excluding hydrogens is 713 g/mol. The number of nitrogens with one attached hydrogen (secondary N) is 3. The number of nitrogens with zero attached hydrogens (tertiary/aromatic N) is 5. The highest BCUT2D eigenvalue weighted by molar-refractivity contribution is 7.13. The summed E-state index contributed by atoms with van der Waals surface area (Å²) in [6.07, 6.45) is -2.62. The minimum absolute atomic E-state index is 0.0128. The third-order valence-corrected chi connectivity index (χ3v) is 8.35. The molecule has 0 radical (unpaired) electrons. The zero-order valence-corrected chi connectivity index (χ0v) is 29.1. The second-order valence-electron chi connectivity index (χ2n) is 12.3. The van der Waals surface area contributed by atoms with Crippen LogP contribution in [0.1, 0.15) is 47.6 Å². The molecular formula is C33H34ClF3N8O5S. The summed E-state index contributed by atoms with van der Waals surface area (Å²) in [6, 6.07) is 11.1. The summed E-state index contributed by atoms with van der Waals surface area (Å²) in [4.78, 5) is 57.1. The van der Waals surface area contributed by atoms with E-state index in [-0.39, 0.29) is 56.9 Å². The molecule has 6 heterocycles. The maximum absolute atomic E-state index is 13.3. The standard InChI is InChI=1S/C33H34ClF3N8O5S/c1-32(2)17-40-26(46)22-7-4-20(5-8-22)15-25-41-29(44-30(42-25)50-19-33(35,36)37)39-16-21-6-9-24(23(34)14-21)49-12-3-11-45(18-32)28(48)27(47)43-31-38-10-13-51-31/h4-10,13-14H,3,11-12,15-19H2,1-2H3,(H,40,46)(H,38,43,47)(H,39,41,42,44). The highest BCUT2D eigenvalue weighted by atomic mass is 35.5. The van der Waals surface area contributed by atoms with Gasteiger partial charge in [-0.25, -0.2) is 4.98 Å². The molecule has 270 valence electrons. The van der Waals surface area contributed by atoms with Crippen LogP contribution in [0, 0.1) is 5.41 Å². The highest BCUT2D eigenvalue weighted by Gasteiger charge is 2.30. The predicted octanol–water partition coefficient (Wildman–Crippen LogP) is 5.13. The summed E-state index contributed by atoms with van der Waals surface area (Å²) < 4.78 is 49.4. The fraction of sp³-hybridized carbons (Fsp3) is 0.364. The molecule has 6 bridgehead atoms. The van der Waals surface area contributed by atoms with E-state index < -0.39 is 36.0 Å². The lowest BCUT2D eigenvalue weighted by Gasteiger charge is -2.32. The van der Waals surface area contributed by atoms with Gasteiger partial charge in [0.15, 0.2) is 11.7 Å². The van der Waals surface area contributed by atoms with Crippen molar-refractivity contribution >= 4 is 51.7 Å². The molecule has 4 aromatic rings. The fourth-order valence-electron chi connectivity index (χ4n) is 4.94. The number of ether oxygens (including phenoxy) is 2. The zero-order valence-electron chi connectivity index (χ0n) is 27.6. The number of amides is 3. The monoisotopic (exact) mass is 746 g/mol. The third-order valence-electron chi connectivity index (χ3n) is 7.36. The van der Waals surface area contributed by atoms with E-state index in [2.05, 4.69) is 35.9 Å². The van der Waals surface area contributed by atoms with Crippen molar-refractivity contribution in [2.75, 3.05) is 43.5 Å². The van der Waals surface area contributed by atoms with E-state index in [4.69, 9.17) is 21.1 Å². The Morgan fingerprint density at radius 1 is 1.10 bits per heavy atom. The Labute approximate surface area is 300 Å². The number of halogens is 4. The van der Waals surface area contributed by atoms with Gasteiger partial charge in [0.05, 0.1) is 11.6 Å². The van der Waals surface area contributed by atoms with E-state index in [0.717, 1.165) is 0 Å². The molecule has 8 rings (SSSR count). The summed E-state index contributed by atoms with van der Waals surface area (Å²) >= 11 is 7.68. The van der Waals surface area contributed by atoms with E-state index in [9.17, 15) is 27.6 Å². The van der Waals surface area contributed by atoms with Crippen LogP contribution in [0.2, 0.25) is 5.02 Å². The maximum Gasteiger partial charge on any atom is 0.422 e. The van der Waals surface area contributed by atoms with Gasteiger partial charge in [-0.3, -0.25) is 19.7 Å². The molecule has 18 heteroatoms. The van der Waals surface area contributed by atoms with E-state index in [1.54, 1.807) is 47.8 Å². The van der Waals surface area contributed by atoms with Crippen LogP contribution in [0.25, 0.3) is 0 Å². The van der Waals surface area contributed by atoms with Gasteiger partial charge in [0, 0.05) is 49.7 Å². The van der Waals surface area contributed by atoms with Crippen molar-refractivity contribution in [1.82, 2.24) is 30.2 Å². The molecule has 2 aromatic heterocycles. The summed E-state index contributed by atoms with van der Waals surface area (Å²) in [5.41, 5.74) is 1.07. The molecule has 51 heavy (non-hydrogen) atoms. The van der Waals surface area contributed by atoms with Crippen LogP contribution in [-0.2, 0) is 22.6 Å². The summed E-state index contributed by atoms with van der Waals surface area (Å²) in [5.74, 6) is -1.44. The first-order valence-electron chi connectivity index (χ1n) is 15.7. The Morgan fingerprint density at radius 2 is 1.86 bits per heavy atom.